The number of aldehydes is 1. The fourth-order valence-corrected chi connectivity index (χ4v) is 7.59. The molecule has 0 spiro atoms. The van der Waals surface area contributed by atoms with Gasteiger partial charge in [0.2, 0.25) is 47.3 Å². The van der Waals surface area contributed by atoms with Gasteiger partial charge in [0, 0.05) is 26.1 Å². The first-order valence-electron chi connectivity index (χ1n) is 24.5. The molecule has 1 heterocycles. The predicted octanol–water partition coefficient (Wildman–Crippen LogP) is -4.26. The molecule has 27 nitrogen and oxygen atoms in total. The summed E-state index contributed by atoms with van der Waals surface area (Å²) in [5, 5.41) is 27.1. The van der Waals surface area contributed by atoms with Gasteiger partial charge in [-0.2, -0.15) is 0 Å². The zero-order valence-corrected chi connectivity index (χ0v) is 42.4. The highest BCUT2D eigenvalue weighted by Crippen LogP contribution is 2.20. The molecule has 0 aromatic carbocycles. The molecule has 1 aliphatic rings. The van der Waals surface area contributed by atoms with Crippen LogP contribution in [0.2, 0.25) is 0 Å². The molecular weight excluding hydrogens is 941 g/mol. The Balaban J connectivity index is 3.10. The summed E-state index contributed by atoms with van der Waals surface area (Å²) in [5.41, 5.74) is 33.4. The first-order valence-corrected chi connectivity index (χ1v) is 24.5. The number of nitrogens with two attached hydrogens (primary N) is 6. The van der Waals surface area contributed by atoms with Crippen LogP contribution >= 0.6 is 0 Å². The number of aliphatic carboxylic acids is 1. The van der Waals surface area contributed by atoms with E-state index in [2.05, 4.69) is 47.2 Å². The number of nitrogens with one attached hydrogen (secondary N) is 7. The van der Waals surface area contributed by atoms with Gasteiger partial charge in [-0.1, -0.05) is 27.7 Å². The zero-order chi connectivity index (χ0) is 54.5. The summed E-state index contributed by atoms with van der Waals surface area (Å²) >= 11 is 0. The first-order chi connectivity index (χ1) is 33.9. The highest BCUT2D eigenvalue weighted by Gasteiger charge is 2.38. The van der Waals surface area contributed by atoms with E-state index < -0.39 is 115 Å². The third-order valence-electron chi connectivity index (χ3n) is 11.3. The van der Waals surface area contributed by atoms with Crippen molar-refractivity contribution >= 4 is 71.4 Å². The number of guanidine groups is 2. The smallest absolute Gasteiger partial charge is 0.303 e. The monoisotopic (exact) mass is 1020 g/mol. The van der Waals surface area contributed by atoms with Crippen LogP contribution in [0.5, 0.6) is 0 Å². The fraction of sp³-hybridized carbons (Fsp3) is 0.733. The summed E-state index contributed by atoms with van der Waals surface area (Å²) in [6.45, 7) is 9.04. The van der Waals surface area contributed by atoms with Crippen LogP contribution in [0.15, 0.2) is 9.98 Å². The number of aliphatic imine (C=N–C) groups is 2. The van der Waals surface area contributed by atoms with Crippen LogP contribution in [0, 0.1) is 11.8 Å². The van der Waals surface area contributed by atoms with E-state index in [1.165, 1.54) is 11.8 Å². The number of hydrogen-bond donors (Lipinski definition) is 14. The third-order valence-corrected chi connectivity index (χ3v) is 11.3. The van der Waals surface area contributed by atoms with Crippen LogP contribution in [0.3, 0.4) is 0 Å². The molecule has 0 aliphatic carbocycles. The Kier molecular flexibility index (Phi) is 29.8. The molecule has 0 aromatic heterocycles. The third kappa shape index (κ3) is 25.5. The van der Waals surface area contributed by atoms with Crippen LogP contribution in [0.25, 0.3) is 0 Å². The maximum Gasteiger partial charge on any atom is 0.303 e. The van der Waals surface area contributed by atoms with Crippen molar-refractivity contribution in [2.45, 2.75) is 166 Å². The van der Waals surface area contributed by atoms with Crippen LogP contribution in [-0.2, 0) is 47.9 Å². The van der Waals surface area contributed by atoms with Gasteiger partial charge in [0.1, 0.15) is 42.5 Å². The normalized spacial score (nSPS) is 16.1. The topological polar surface area (TPSA) is 459 Å². The van der Waals surface area contributed by atoms with E-state index in [1.807, 2.05) is 27.7 Å². The number of carbonyl (C=O) groups is 10. The van der Waals surface area contributed by atoms with Crippen molar-refractivity contribution in [2.75, 3.05) is 32.7 Å². The number of amides is 8. The molecule has 1 fully saturated rings. The number of unbranched alkanes of at least 4 members (excludes halogenated alkanes) is 1. The minimum absolute atomic E-state index is 0.0108. The maximum absolute atomic E-state index is 13.9. The van der Waals surface area contributed by atoms with E-state index in [1.54, 1.807) is 0 Å². The quantitative estimate of drug-likeness (QED) is 0.0124. The standard InChI is InChI=1S/C45H82N16O11/c1-25(2)21-32(60-42(71)34-14-10-20-61(34)43(72)29(47)11-8-18-52-44(48)49)38(67)54-23-35(63)57-33(22-26(3)4)41(70)59-30(12-6-7-17-46)39(68)55-27(5)37(66)58-31(13-9-19-53-45(50)51)40(69)56-28(24-62)15-16-36(64)65/h24-34H,6-23,46-47H2,1-5H3,(H,54,67)(H,55,68)(H,56,69)(H,57,63)(H,58,66)(H,59,70)(H,60,71)(H,64,65)(H4,48,49,52)(H4,50,51,53)/t27-,28-,29-,30-,31-,32-,33-,34-/m0/s1. The molecule has 8 amide bonds. The lowest BCUT2D eigenvalue weighted by atomic mass is 10.0. The van der Waals surface area contributed by atoms with Gasteiger partial charge >= 0.3 is 5.97 Å². The lowest BCUT2D eigenvalue weighted by Crippen LogP contribution is -2.58. The first kappa shape index (κ1) is 63.4. The number of carboxylic acid groups (broad SMARTS) is 1. The minimum Gasteiger partial charge on any atom is -0.481 e. The molecule has 1 saturated heterocycles. The average molecular weight is 1020 g/mol. The van der Waals surface area contributed by atoms with Crippen molar-refractivity contribution in [1.29, 1.82) is 0 Å². The molecule has 1 rings (SSSR count). The Morgan fingerprint density at radius 1 is 0.653 bits per heavy atom. The van der Waals surface area contributed by atoms with E-state index in [0.717, 1.165) is 0 Å². The molecular formula is C45H82N16O11. The molecule has 8 atom stereocenters. The molecule has 72 heavy (non-hydrogen) atoms. The van der Waals surface area contributed by atoms with Crippen molar-refractivity contribution in [2.24, 2.45) is 56.2 Å². The van der Waals surface area contributed by atoms with Gasteiger partial charge < -0.3 is 86.4 Å². The van der Waals surface area contributed by atoms with Crippen molar-refractivity contribution in [3.63, 3.8) is 0 Å². The molecule has 20 N–H and O–H groups in total. The van der Waals surface area contributed by atoms with Crippen molar-refractivity contribution in [3.05, 3.63) is 0 Å². The highest BCUT2D eigenvalue weighted by molar-refractivity contribution is 5.97. The second-order valence-electron chi connectivity index (χ2n) is 18.7. The molecule has 408 valence electrons. The highest BCUT2D eigenvalue weighted by atomic mass is 16.4. The van der Waals surface area contributed by atoms with E-state index in [0.29, 0.717) is 44.9 Å². The van der Waals surface area contributed by atoms with E-state index in [4.69, 9.17) is 39.5 Å². The molecule has 0 aromatic rings. The number of carboxylic acids is 1. The zero-order valence-electron chi connectivity index (χ0n) is 42.4. The summed E-state index contributed by atoms with van der Waals surface area (Å²) in [4.78, 5) is 140. The molecule has 27 heteroatoms. The summed E-state index contributed by atoms with van der Waals surface area (Å²) in [6, 6.07) is -8.92. The number of rotatable bonds is 35. The largest absolute Gasteiger partial charge is 0.481 e. The van der Waals surface area contributed by atoms with Gasteiger partial charge in [-0.25, -0.2) is 0 Å². The van der Waals surface area contributed by atoms with Gasteiger partial charge in [0.05, 0.1) is 18.6 Å². The Morgan fingerprint density at radius 3 is 1.72 bits per heavy atom. The van der Waals surface area contributed by atoms with Crippen LogP contribution in [0.4, 0.5) is 0 Å². The van der Waals surface area contributed by atoms with Crippen molar-refractivity contribution < 1.29 is 53.1 Å². The van der Waals surface area contributed by atoms with Crippen molar-refractivity contribution in [3.8, 4) is 0 Å². The summed E-state index contributed by atoms with van der Waals surface area (Å²) in [7, 11) is 0. The van der Waals surface area contributed by atoms with E-state index in [-0.39, 0.29) is 88.3 Å². The van der Waals surface area contributed by atoms with Gasteiger partial charge in [-0.15, -0.1) is 0 Å². The summed E-state index contributed by atoms with van der Waals surface area (Å²) in [6.07, 6.45) is 2.89. The Bertz CT molecular complexity index is 1880. The summed E-state index contributed by atoms with van der Waals surface area (Å²) in [5.74, 6) is -7.13. The van der Waals surface area contributed by atoms with Gasteiger partial charge in [0.25, 0.3) is 0 Å². The second kappa shape index (κ2) is 33.9. The van der Waals surface area contributed by atoms with Crippen LogP contribution in [-0.4, -0.2) is 162 Å². The number of nitrogens with zero attached hydrogens (tertiary/aromatic N) is 3. The minimum atomic E-state index is -1.27. The molecule has 0 bridgehead atoms. The van der Waals surface area contributed by atoms with Crippen molar-refractivity contribution in [1.82, 2.24) is 42.1 Å². The average Bonchev–Trinajstić information content (AvgIpc) is 3.80. The Morgan fingerprint density at radius 2 is 1.18 bits per heavy atom. The van der Waals surface area contributed by atoms with Crippen LogP contribution < -0.4 is 71.6 Å². The van der Waals surface area contributed by atoms with E-state index >= 15 is 0 Å². The lowest BCUT2D eigenvalue weighted by Gasteiger charge is -2.28. The number of hydrogen-bond acceptors (Lipinski definition) is 14. The van der Waals surface area contributed by atoms with Gasteiger partial charge in [-0.3, -0.25) is 53.1 Å². The molecule has 0 radical (unpaired) electrons. The fourth-order valence-electron chi connectivity index (χ4n) is 7.59. The van der Waals surface area contributed by atoms with Gasteiger partial charge in [-0.05, 0) is 102 Å². The van der Waals surface area contributed by atoms with E-state index in [9.17, 15) is 47.9 Å². The van der Waals surface area contributed by atoms with Gasteiger partial charge in [0.15, 0.2) is 11.9 Å². The maximum atomic E-state index is 13.9. The summed E-state index contributed by atoms with van der Waals surface area (Å²) < 4.78 is 0. The molecule has 1 aliphatic heterocycles. The number of carbonyl (C=O) groups excluding carboxylic acids is 9. The number of likely N-dealkylation sites (tertiary alicyclic amines) is 1. The second-order valence-corrected chi connectivity index (χ2v) is 18.7. The Labute approximate surface area is 421 Å². The SMILES string of the molecule is CC(C)C[C@H](NC(=O)CNC(=O)[C@H](CC(C)C)NC(=O)[C@@H]1CCCN1C(=O)[C@@H](N)CCCN=C(N)N)C(=O)N[C@@H](CCCCN)C(=O)N[C@@H](C)C(=O)N[C@@H](CCCN=C(N)N)C(=O)N[C@H](C=O)CCC(=O)O. The molecule has 0 unspecified atom stereocenters. The van der Waals surface area contributed by atoms with Crippen LogP contribution in [0.1, 0.15) is 118 Å². The predicted molar refractivity (Wildman–Crippen MR) is 268 cm³/mol. The lowest BCUT2D eigenvalue weighted by molar-refractivity contribution is -0.140. The molecule has 0 saturated carbocycles. The Hall–Kier alpha value is -6.64.